The molecule has 11 heteroatoms. The Kier molecular flexibility index (Phi) is 9.52. The van der Waals surface area contributed by atoms with Crippen molar-refractivity contribution in [2.75, 3.05) is 74.8 Å². The van der Waals surface area contributed by atoms with Crippen molar-refractivity contribution in [1.29, 1.82) is 0 Å². The first-order valence-corrected chi connectivity index (χ1v) is 13.6. The van der Waals surface area contributed by atoms with E-state index in [-0.39, 0.29) is 24.4 Å². The van der Waals surface area contributed by atoms with Crippen molar-refractivity contribution in [3.8, 4) is 17.0 Å². The second-order valence-electron chi connectivity index (χ2n) is 10.6. The van der Waals surface area contributed by atoms with Gasteiger partial charge in [-0.1, -0.05) is 0 Å². The van der Waals surface area contributed by atoms with E-state index in [1.54, 1.807) is 25.3 Å². The number of hydrogen-bond acceptors (Lipinski definition) is 9. The van der Waals surface area contributed by atoms with Crippen molar-refractivity contribution in [2.24, 2.45) is 4.99 Å². The first-order chi connectivity index (χ1) is 19.2. The number of benzene rings is 2. The van der Waals surface area contributed by atoms with Crippen LogP contribution in [0, 0.1) is 0 Å². The zero-order valence-electron chi connectivity index (χ0n) is 24.0. The molecule has 1 aliphatic carbocycles. The summed E-state index contributed by atoms with van der Waals surface area (Å²) in [6.45, 7) is 3.49. The number of pyridine rings is 2. The standard InChI is InChI=1S/C29H39N5O6/c1-31(2)11-6-13-33-26(35)19-8-9-20-24-23(19)21(28(33)37)18-22(30-10-15-40-17-16-39-5)25(24)29(38)34(27(20)36)14-7-12-32(3)4/h8-9,18,36H,6-7,10-17H2,1-5H3. The van der Waals surface area contributed by atoms with Gasteiger partial charge in [0.1, 0.15) is 0 Å². The van der Waals surface area contributed by atoms with Crippen LogP contribution in [0.1, 0.15) is 12.8 Å². The lowest BCUT2D eigenvalue weighted by molar-refractivity contribution is 0.0746. The van der Waals surface area contributed by atoms with Crippen LogP contribution in [0.5, 0.6) is 5.88 Å². The van der Waals surface area contributed by atoms with Gasteiger partial charge >= 0.3 is 0 Å². The van der Waals surface area contributed by atoms with E-state index in [1.807, 2.05) is 38.0 Å². The maximum absolute atomic E-state index is 13.9. The summed E-state index contributed by atoms with van der Waals surface area (Å²) in [6.07, 6.45) is 1.28. The molecule has 0 amide bonds. The van der Waals surface area contributed by atoms with Crippen LogP contribution >= 0.6 is 0 Å². The molecule has 0 saturated heterocycles. The van der Waals surface area contributed by atoms with Crippen molar-refractivity contribution in [3.05, 3.63) is 54.6 Å². The van der Waals surface area contributed by atoms with Crippen LogP contribution in [0.4, 0.5) is 0 Å². The predicted octanol–water partition coefficient (Wildman–Crippen LogP) is 0.830. The quantitative estimate of drug-likeness (QED) is 0.180. The Bertz CT molecular complexity index is 1660. The smallest absolute Gasteiger partial charge is 0.263 e. The highest BCUT2D eigenvalue weighted by Gasteiger charge is 2.26. The predicted molar refractivity (Wildman–Crippen MR) is 156 cm³/mol. The molecule has 216 valence electrons. The van der Waals surface area contributed by atoms with E-state index >= 15 is 0 Å². The summed E-state index contributed by atoms with van der Waals surface area (Å²) in [7, 11) is 9.37. The minimum atomic E-state index is -0.423. The lowest BCUT2D eigenvalue weighted by atomic mass is 9.90. The maximum Gasteiger partial charge on any atom is 0.263 e. The molecule has 0 atom stereocenters. The molecule has 2 aromatic rings. The summed E-state index contributed by atoms with van der Waals surface area (Å²) in [4.78, 5) is 49.8. The monoisotopic (exact) mass is 553 g/mol. The van der Waals surface area contributed by atoms with Gasteiger partial charge in [0.15, 0.2) is 0 Å². The molecule has 0 spiro atoms. The van der Waals surface area contributed by atoms with E-state index in [2.05, 4.69) is 4.99 Å². The van der Waals surface area contributed by atoms with E-state index in [4.69, 9.17) is 9.47 Å². The lowest BCUT2D eigenvalue weighted by Crippen LogP contribution is -2.37. The van der Waals surface area contributed by atoms with Crippen LogP contribution < -0.4 is 22.0 Å². The molecule has 0 radical (unpaired) electrons. The molecule has 0 bridgehead atoms. The van der Waals surface area contributed by atoms with Crippen LogP contribution in [-0.2, 0) is 22.6 Å². The minimum Gasteiger partial charge on any atom is -0.494 e. The average Bonchev–Trinajstić information content (AvgIpc) is 2.91. The summed E-state index contributed by atoms with van der Waals surface area (Å²) in [5, 5.41) is 13.0. The fourth-order valence-electron chi connectivity index (χ4n) is 5.16. The van der Waals surface area contributed by atoms with Crippen molar-refractivity contribution in [1.82, 2.24) is 18.9 Å². The van der Waals surface area contributed by atoms with Gasteiger partial charge in [0.2, 0.25) is 5.88 Å². The van der Waals surface area contributed by atoms with Gasteiger partial charge in [-0.25, -0.2) is 0 Å². The molecule has 0 unspecified atom stereocenters. The summed E-state index contributed by atoms with van der Waals surface area (Å²) in [5.41, 5.74) is -0.520. The summed E-state index contributed by atoms with van der Waals surface area (Å²) in [6, 6.07) is 4.92. The van der Waals surface area contributed by atoms with E-state index in [0.717, 1.165) is 13.1 Å². The number of methoxy groups -OCH3 is 1. The highest BCUT2D eigenvalue weighted by atomic mass is 16.5. The number of hydrogen-bond donors (Lipinski definition) is 1. The molecule has 11 nitrogen and oxygen atoms in total. The van der Waals surface area contributed by atoms with Gasteiger partial charge in [0.25, 0.3) is 16.7 Å². The lowest BCUT2D eigenvalue weighted by Gasteiger charge is -2.20. The second kappa shape index (κ2) is 12.9. The number of aromatic hydroxyl groups is 1. The Balaban J connectivity index is 1.98. The molecule has 0 fully saturated rings. The molecule has 1 aromatic carbocycles. The molecule has 0 saturated carbocycles. The van der Waals surface area contributed by atoms with E-state index in [1.165, 1.54) is 9.13 Å². The molecule has 1 aromatic heterocycles. The number of nitrogens with zero attached hydrogens (tertiary/aromatic N) is 5. The minimum absolute atomic E-state index is 0.179. The van der Waals surface area contributed by atoms with Crippen molar-refractivity contribution in [3.63, 3.8) is 0 Å². The van der Waals surface area contributed by atoms with Crippen LogP contribution in [0.3, 0.4) is 0 Å². The second-order valence-corrected chi connectivity index (χ2v) is 10.6. The molecule has 2 aliphatic rings. The number of ether oxygens (including phenoxy) is 2. The summed E-state index contributed by atoms with van der Waals surface area (Å²) >= 11 is 0. The zero-order valence-corrected chi connectivity index (χ0v) is 24.0. The van der Waals surface area contributed by atoms with Gasteiger partial charge in [0, 0.05) is 41.9 Å². The van der Waals surface area contributed by atoms with Crippen molar-refractivity contribution >= 4 is 21.5 Å². The molecule has 4 rings (SSSR count). The summed E-state index contributed by atoms with van der Waals surface area (Å²) < 4.78 is 13.2. The third kappa shape index (κ3) is 5.87. The van der Waals surface area contributed by atoms with Gasteiger partial charge in [-0.15, -0.1) is 0 Å². The maximum atomic E-state index is 13.9. The highest BCUT2D eigenvalue weighted by Crippen LogP contribution is 2.36. The number of rotatable bonds is 14. The average molecular weight is 554 g/mol. The van der Waals surface area contributed by atoms with Gasteiger partial charge < -0.3 is 24.4 Å². The Hall–Kier alpha value is -3.38. The topological polar surface area (TPSA) is 119 Å². The molecular weight excluding hydrogens is 514 g/mol. The SMILES string of the molecule is COCCOCCN=c1cc2c(=O)n(CCCN(C)C)c(=O)c3ccc4c(O)n(CCCN(C)C)c(=O)c1c4c3-2. The van der Waals surface area contributed by atoms with Gasteiger partial charge in [-0.2, -0.15) is 0 Å². The first-order valence-electron chi connectivity index (χ1n) is 13.6. The third-order valence-electron chi connectivity index (χ3n) is 7.09. The van der Waals surface area contributed by atoms with Crippen molar-refractivity contribution in [2.45, 2.75) is 25.9 Å². The molecule has 1 N–H and O–H groups in total. The Morgan fingerprint density at radius 1 is 0.825 bits per heavy atom. The molecular formula is C29H39N5O6. The molecule has 2 heterocycles. The third-order valence-corrected chi connectivity index (χ3v) is 7.09. The normalized spacial score (nSPS) is 12.8. The van der Waals surface area contributed by atoms with Crippen LogP contribution in [-0.4, -0.2) is 98.8 Å². The van der Waals surface area contributed by atoms with E-state index in [9.17, 15) is 19.5 Å². The Morgan fingerprint density at radius 2 is 1.48 bits per heavy atom. The van der Waals surface area contributed by atoms with Crippen molar-refractivity contribution < 1.29 is 14.6 Å². The highest BCUT2D eigenvalue weighted by molar-refractivity contribution is 6.15. The van der Waals surface area contributed by atoms with Crippen LogP contribution in [0.2, 0.25) is 0 Å². The fourth-order valence-corrected chi connectivity index (χ4v) is 5.16. The largest absolute Gasteiger partial charge is 0.494 e. The van der Waals surface area contributed by atoms with Crippen LogP contribution in [0.25, 0.3) is 32.7 Å². The molecule has 1 aliphatic heterocycles. The zero-order chi connectivity index (χ0) is 29.0. The van der Waals surface area contributed by atoms with E-state index in [0.29, 0.717) is 71.8 Å². The van der Waals surface area contributed by atoms with Gasteiger partial charge in [-0.3, -0.25) is 28.5 Å². The van der Waals surface area contributed by atoms with Crippen LogP contribution in [0.15, 0.2) is 37.6 Å². The van der Waals surface area contributed by atoms with Gasteiger partial charge in [0.05, 0.1) is 42.7 Å². The Morgan fingerprint density at radius 3 is 2.12 bits per heavy atom. The first kappa shape index (κ1) is 29.6. The number of aromatic nitrogens is 2. The Labute approximate surface area is 232 Å². The van der Waals surface area contributed by atoms with Gasteiger partial charge in [-0.05, 0) is 72.3 Å². The van der Waals surface area contributed by atoms with E-state index < -0.39 is 16.7 Å². The fraction of sp³-hybridized carbons (Fsp3) is 0.517. The molecule has 40 heavy (non-hydrogen) atoms. The summed E-state index contributed by atoms with van der Waals surface area (Å²) in [5.74, 6) is -0.179.